The first-order valence-corrected chi connectivity index (χ1v) is 8.07. The third-order valence-corrected chi connectivity index (χ3v) is 4.13. The predicted octanol–water partition coefficient (Wildman–Crippen LogP) is 2.89. The van der Waals surface area contributed by atoms with Crippen molar-refractivity contribution in [2.45, 2.75) is 25.9 Å². The zero-order valence-electron chi connectivity index (χ0n) is 13.4. The molecule has 0 fully saturated rings. The van der Waals surface area contributed by atoms with Gasteiger partial charge in [-0.2, -0.15) is 0 Å². The first kappa shape index (κ1) is 15.7. The van der Waals surface area contributed by atoms with Gasteiger partial charge in [-0.25, -0.2) is 0 Å². The summed E-state index contributed by atoms with van der Waals surface area (Å²) in [5.41, 5.74) is 3.48. The Hall–Kier alpha value is -2.20. The number of aromatic hydroxyl groups is 1. The van der Waals surface area contributed by atoms with Crippen molar-refractivity contribution in [3.8, 4) is 11.5 Å². The summed E-state index contributed by atoms with van der Waals surface area (Å²) in [7, 11) is 0. The SMILES string of the molecule is Cc1cccc(CC2CN(CCCO)c3ccc(O)cc3O2)c1. The molecule has 0 amide bonds. The average Bonchev–Trinajstić information content (AvgIpc) is 2.52. The van der Waals surface area contributed by atoms with Crippen LogP contribution in [0.5, 0.6) is 11.5 Å². The number of ether oxygens (including phenoxy) is 1. The van der Waals surface area contributed by atoms with Crippen molar-refractivity contribution < 1.29 is 14.9 Å². The first-order valence-electron chi connectivity index (χ1n) is 8.07. The van der Waals surface area contributed by atoms with E-state index in [0.717, 1.165) is 31.6 Å². The van der Waals surface area contributed by atoms with Crippen LogP contribution < -0.4 is 9.64 Å². The van der Waals surface area contributed by atoms with Crippen molar-refractivity contribution >= 4 is 5.69 Å². The van der Waals surface area contributed by atoms with E-state index in [2.05, 4.69) is 36.1 Å². The number of fused-ring (bicyclic) bond motifs is 1. The molecule has 1 heterocycles. The Morgan fingerprint density at radius 1 is 1.22 bits per heavy atom. The number of aryl methyl sites for hydroxylation is 1. The van der Waals surface area contributed by atoms with E-state index in [9.17, 15) is 5.11 Å². The number of aliphatic hydroxyl groups is 1. The number of phenolic OH excluding ortho intramolecular Hbond substituents is 1. The maximum Gasteiger partial charge on any atom is 0.146 e. The Morgan fingerprint density at radius 3 is 2.87 bits per heavy atom. The summed E-state index contributed by atoms with van der Waals surface area (Å²) in [4.78, 5) is 2.23. The standard InChI is InChI=1S/C19H23NO3/c1-14-4-2-5-15(10-14)11-17-13-20(8-3-9-21)18-7-6-16(22)12-19(18)23-17/h2,4-7,10,12,17,21-22H,3,8-9,11,13H2,1H3. The van der Waals surface area contributed by atoms with Gasteiger partial charge in [0.2, 0.25) is 0 Å². The molecular formula is C19H23NO3. The lowest BCUT2D eigenvalue weighted by Gasteiger charge is -2.36. The van der Waals surface area contributed by atoms with Gasteiger partial charge < -0.3 is 19.8 Å². The summed E-state index contributed by atoms with van der Waals surface area (Å²) in [5, 5.41) is 18.8. The quantitative estimate of drug-likeness (QED) is 0.891. The minimum atomic E-state index is 0.0322. The Labute approximate surface area is 136 Å². The lowest BCUT2D eigenvalue weighted by molar-refractivity contribution is 0.191. The van der Waals surface area contributed by atoms with Gasteiger partial charge in [-0.05, 0) is 31.0 Å². The van der Waals surface area contributed by atoms with Crippen molar-refractivity contribution in [3.05, 3.63) is 53.6 Å². The van der Waals surface area contributed by atoms with E-state index in [1.807, 2.05) is 6.07 Å². The smallest absolute Gasteiger partial charge is 0.146 e. The highest BCUT2D eigenvalue weighted by Gasteiger charge is 2.26. The zero-order chi connectivity index (χ0) is 16.2. The van der Waals surface area contributed by atoms with E-state index >= 15 is 0 Å². The molecule has 4 nitrogen and oxygen atoms in total. The molecule has 2 N–H and O–H groups in total. The Balaban J connectivity index is 1.81. The molecule has 2 aromatic rings. The fraction of sp³-hybridized carbons (Fsp3) is 0.368. The van der Waals surface area contributed by atoms with Crippen LogP contribution in [0.1, 0.15) is 17.5 Å². The third kappa shape index (κ3) is 3.77. The molecule has 3 rings (SSSR count). The summed E-state index contributed by atoms with van der Waals surface area (Å²) < 4.78 is 6.10. The molecule has 23 heavy (non-hydrogen) atoms. The zero-order valence-corrected chi connectivity index (χ0v) is 13.4. The number of rotatable bonds is 5. The lowest BCUT2D eigenvalue weighted by Crippen LogP contribution is -2.41. The second-order valence-corrected chi connectivity index (χ2v) is 6.11. The molecule has 0 bridgehead atoms. The molecule has 0 saturated carbocycles. The molecule has 0 aromatic heterocycles. The van der Waals surface area contributed by atoms with Crippen LogP contribution >= 0.6 is 0 Å². The fourth-order valence-corrected chi connectivity index (χ4v) is 3.10. The van der Waals surface area contributed by atoms with Crippen molar-refractivity contribution in [2.24, 2.45) is 0 Å². The van der Waals surface area contributed by atoms with Crippen LogP contribution in [0, 0.1) is 6.92 Å². The summed E-state index contributed by atoms with van der Waals surface area (Å²) in [6.07, 6.45) is 1.58. The molecule has 1 aliphatic rings. The Morgan fingerprint density at radius 2 is 2.09 bits per heavy atom. The first-order chi connectivity index (χ1) is 11.2. The van der Waals surface area contributed by atoms with E-state index in [0.29, 0.717) is 5.75 Å². The maximum absolute atomic E-state index is 9.72. The molecule has 2 aromatic carbocycles. The van der Waals surface area contributed by atoms with Crippen LogP contribution in [0.2, 0.25) is 0 Å². The van der Waals surface area contributed by atoms with Crippen LogP contribution in [0.15, 0.2) is 42.5 Å². The van der Waals surface area contributed by atoms with Crippen LogP contribution in [-0.2, 0) is 6.42 Å². The molecule has 0 spiro atoms. The van der Waals surface area contributed by atoms with Gasteiger partial charge in [0.25, 0.3) is 0 Å². The number of anilines is 1. The second kappa shape index (κ2) is 6.92. The molecule has 1 aliphatic heterocycles. The molecule has 0 aliphatic carbocycles. The number of hydrogen-bond donors (Lipinski definition) is 2. The number of nitrogens with zero attached hydrogens (tertiary/aromatic N) is 1. The van der Waals surface area contributed by atoms with Gasteiger partial charge in [0.15, 0.2) is 0 Å². The van der Waals surface area contributed by atoms with E-state index in [-0.39, 0.29) is 18.5 Å². The molecule has 4 heteroatoms. The monoisotopic (exact) mass is 313 g/mol. The molecule has 1 atom stereocenters. The Kier molecular flexibility index (Phi) is 4.72. The largest absolute Gasteiger partial charge is 0.508 e. The molecule has 0 radical (unpaired) electrons. The normalized spacial score (nSPS) is 16.8. The number of phenols is 1. The maximum atomic E-state index is 9.72. The van der Waals surface area contributed by atoms with Gasteiger partial charge in [-0.15, -0.1) is 0 Å². The molecule has 0 saturated heterocycles. The van der Waals surface area contributed by atoms with Gasteiger partial charge in [0.05, 0.1) is 12.2 Å². The topological polar surface area (TPSA) is 52.9 Å². The van der Waals surface area contributed by atoms with E-state index in [1.54, 1.807) is 12.1 Å². The summed E-state index contributed by atoms with van der Waals surface area (Å²) in [6.45, 7) is 3.83. The van der Waals surface area contributed by atoms with Gasteiger partial charge in [0, 0.05) is 25.6 Å². The highest BCUT2D eigenvalue weighted by atomic mass is 16.5. The highest BCUT2D eigenvalue weighted by Crippen LogP contribution is 2.36. The van der Waals surface area contributed by atoms with Crippen LogP contribution in [0.4, 0.5) is 5.69 Å². The van der Waals surface area contributed by atoms with Crippen LogP contribution in [-0.4, -0.2) is 36.0 Å². The van der Waals surface area contributed by atoms with Gasteiger partial charge in [-0.3, -0.25) is 0 Å². The highest BCUT2D eigenvalue weighted by molar-refractivity contribution is 5.62. The van der Waals surface area contributed by atoms with Gasteiger partial charge >= 0.3 is 0 Å². The summed E-state index contributed by atoms with van der Waals surface area (Å²) >= 11 is 0. The average molecular weight is 313 g/mol. The Bertz CT molecular complexity index is 671. The minimum Gasteiger partial charge on any atom is -0.508 e. The van der Waals surface area contributed by atoms with Crippen LogP contribution in [0.25, 0.3) is 0 Å². The molecular weight excluding hydrogens is 290 g/mol. The van der Waals surface area contributed by atoms with Gasteiger partial charge in [-0.1, -0.05) is 29.8 Å². The second-order valence-electron chi connectivity index (χ2n) is 6.11. The number of benzene rings is 2. The third-order valence-electron chi connectivity index (χ3n) is 4.13. The summed E-state index contributed by atoms with van der Waals surface area (Å²) in [6, 6.07) is 13.7. The van der Waals surface area contributed by atoms with E-state index < -0.39 is 0 Å². The van der Waals surface area contributed by atoms with Crippen molar-refractivity contribution in [3.63, 3.8) is 0 Å². The number of hydrogen-bond acceptors (Lipinski definition) is 4. The van der Waals surface area contributed by atoms with E-state index in [1.165, 1.54) is 11.1 Å². The molecule has 1 unspecified atom stereocenters. The van der Waals surface area contributed by atoms with Crippen LogP contribution in [0.3, 0.4) is 0 Å². The fourth-order valence-electron chi connectivity index (χ4n) is 3.10. The minimum absolute atomic E-state index is 0.0322. The molecule has 122 valence electrons. The van der Waals surface area contributed by atoms with Gasteiger partial charge in [0.1, 0.15) is 17.6 Å². The lowest BCUT2D eigenvalue weighted by atomic mass is 10.0. The number of aliphatic hydroxyl groups excluding tert-OH is 1. The van der Waals surface area contributed by atoms with E-state index in [4.69, 9.17) is 9.84 Å². The van der Waals surface area contributed by atoms with Crippen molar-refractivity contribution in [1.29, 1.82) is 0 Å². The predicted molar refractivity (Wildman–Crippen MR) is 91.3 cm³/mol. The van der Waals surface area contributed by atoms with Crippen molar-refractivity contribution in [1.82, 2.24) is 0 Å². The summed E-state index contributed by atoms with van der Waals surface area (Å²) in [5.74, 6) is 0.925. The van der Waals surface area contributed by atoms with Crippen molar-refractivity contribution in [2.75, 3.05) is 24.6 Å².